The van der Waals surface area contributed by atoms with Gasteiger partial charge in [-0.25, -0.2) is 4.98 Å². The van der Waals surface area contributed by atoms with Crippen LogP contribution in [-0.2, 0) is 23.1 Å². The second-order valence-electron chi connectivity index (χ2n) is 7.62. The van der Waals surface area contributed by atoms with Crippen LogP contribution in [0.4, 0.5) is 5.69 Å². The molecule has 3 aromatic rings. The molecule has 1 aromatic heterocycles. The van der Waals surface area contributed by atoms with Gasteiger partial charge in [-0.3, -0.25) is 0 Å². The van der Waals surface area contributed by atoms with Crippen LogP contribution in [0.2, 0.25) is 0 Å². The van der Waals surface area contributed by atoms with Crippen LogP contribution in [0.15, 0.2) is 66.1 Å². The number of rotatable bonds is 6. The standard InChI is InChI=1S/C23H27N3O3S/c1-15-20(14-30-23-25-10-11-26(23)2)28-22(18-4-3-5-19(24)12-18)29-21(15)17-8-6-16(13-27)7-9-17/h3-12,15,20-22,27H,13-14,24H2,1-2H3. The molecule has 0 radical (unpaired) electrons. The van der Waals surface area contributed by atoms with Gasteiger partial charge >= 0.3 is 0 Å². The summed E-state index contributed by atoms with van der Waals surface area (Å²) in [7, 11) is 1.99. The summed E-state index contributed by atoms with van der Waals surface area (Å²) in [6.45, 7) is 2.18. The molecule has 1 saturated heterocycles. The number of nitrogen functional groups attached to an aromatic ring is 1. The number of anilines is 1. The summed E-state index contributed by atoms with van der Waals surface area (Å²) < 4.78 is 14.8. The average molecular weight is 426 g/mol. The van der Waals surface area contributed by atoms with E-state index in [1.54, 1.807) is 18.0 Å². The van der Waals surface area contributed by atoms with Crippen molar-refractivity contribution in [2.75, 3.05) is 11.5 Å². The third-order valence-electron chi connectivity index (χ3n) is 5.46. The average Bonchev–Trinajstić information content (AvgIpc) is 3.18. The molecule has 0 aliphatic carbocycles. The van der Waals surface area contributed by atoms with Gasteiger partial charge in [0.25, 0.3) is 0 Å². The Hall–Kier alpha value is -2.32. The Morgan fingerprint density at radius 3 is 2.60 bits per heavy atom. The lowest BCUT2D eigenvalue weighted by atomic mass is 9.91. The number of thioether (sulfide) groups is 1. The Morgan fingerprint density at radius 1 is 1.13 bits per heavy atom. The number of imidazole rings is 1. The zero-order valence-corrected chi connectivity index (χ0v) is 18.0. The summed E-state index contributed by atoms with van der Waals surface area (Å²) in [4.78, 5) is 4.41. The van der Waals surface area contributed by atoms with E-state index in [9.17, 15) is 5.11 Å². The van der Waals surface area contributed by atoms with E-state index < -0.39 is 6.29 Å². The van der Waals surface area contributed by atoms with E-state index >= 15 is 0 Å². The molecule has 0 saturated carbocycles. The SMILES string of the molecule is CC1C(CSc2nccn2C)OC(c2cccc(N)c2)OC1c1ccc(CO)cc1. The Labute approximate surface area is 181 Å². The lowest BCUT2D eigenvalue weighted by molar-refractivity contribution is -0.268. The predicted octanol–water partition coefficient (Wildman–Crippen LogP) is 4.08. The second-order valence-corrected chi connectivity index (χ2v) is 8.61. The molecule has 6 nitrogen and oxygen atoms in total. The van der Waals surface area contributed by atoms with Gasteiger partial charge < -0.3 is 24.9 Å². The van der Waals surface area contributed by atoms with E-state index in [4.69, 9.17) is 15.2 Å². The molecule has 3 N–H and O–H groups in total. The van der Waals surface area contributed by atoms with Gasteiger partial charge in [-0.05, 0) is 23.3 Å². The van der Waals surface area contributed by atoms with Crippen LogP contribution in [0.1, 0.15) is 36.0 Å². The summed E-state index contributed by atoms with van der Waals surface area (Å²) >= 11 is 1.68. The highest BCUT2D eigenvalue weighted by Crippen LogP contribution is 2.43. The molecular formula is C23H27N3O3S. The monoisotopic (exact) mass is 425 g/mol. The normalized spacial score (nSPS) is 24.1. The maximum Gasteiger partial charge on any atom is 0.185 e. The highest BCUT2D eigenvalue weighted by Gasteiger charge is 2.38. The molecule has 30 heavy (non-hydrogen) atoms. The van der Waals surface area contributed by atoms with Gasteiger partial charge in [0, 0.05) is 42.4 Å². The zero-order chi connectivity index (χ0) is 21.1. The second kappa shape index (κ2) is 9.22. The van der Waals surface area contributed by atoms with Gasteiger partial charge in [-0.15, -0.1) is 0 Å². The first-order valence-electron chi connectivity index (χ1n) is 10.0. The molecule has 2 aromatic carbocycles. The quantitative estimate of drug-likeness (QED) is 0.457. The Bertz CT molecular complexity index is 976. The number of aryl methyl sites for hydroxylation is 1. The molecule has 7 heteroatoms. The van der Waals surface area contributed by atoms with Gasteiger partial charge in [0.1, 0.15) is 0 Å². The van der Waals surface area contributed by atoms with Crippen LogP contribution in [0.3, 0.4) is 0 Å². The van der Waals surface area contributed by atoms with Gasteiger partial charge in [0.15, 0.2) is 11.4 Å². The molecule has 158 valence electrons. The third-order valence-corrected chi connectivity index (χ3v) is 6.61. The first-order chi connectivity index (χ1) is 14.5. The van der Waals surface area contributed by atoms with Gasteiger partial charge in [-0.2, -0.15) is 0 Å². The van der Waals surface area contributed by atoms with Crippen LogP contribution in [0, 0.1) is 5.92 Å². The van der Waals surface area contributed by atoms with E-state index in [0.29, 0.717) is 5.69 Å². The minimum Gasteiger partial charge on any atom is -0.399 e. The van der Waals surface area contributed by atoms with Crippen molar-refractivity contribution in [2.45, 2.75) is 37.2 Å². The number of hydrogen-bond acceptors (Lipinski definition) is 6. The number of hydrogen-bond donors (Lipinski definition) is 2. The highest BCUT2D eigenvalue weighted by molar-refractivity contribution is 7.99. The van der Waals surface area contributed by atoms with Crippen molar-refractivity contribution in [3.05, 3.63) is 77.6 Å². The van der Waals surface area contributed by atoms with E-state index in [1.165, 1.54) is 0 Å². The van der Waals surface area contributed by atoms with Crippen molar-refractivity contribution in [1.82, 2.24) is 9.55 Å². The summed E-state index contributed by atoms with van der Waals surface area (Å²) in [5, 5.41) is 10.3. The molecule has 1 fully saturated rings. The van der Waals surface area contributed by atoms with E-state index in [1.807, 2.05) is 66.3 Å². The number of benzene rings is 2. The van der Waals surface area contributed by atoms with Crippen LogP contribution in [-0.4, -0.2) is 26.5 Å². The van der Waals surface area contributed by atoms with Crippen LogP contribution < -0.4 is 5.73 Å². The molecule has 4 unspecified atom stereocenters. The molecule has 4 atom stereocenters. The van der Waals surface area contributed by atoms with Gasteiger partial charge in [0.05, 0.1) is 18.8 Å². The third kappa shape index (κ3) is 4.54. The van der Waals surface area contributed by atoms with Crippen molar-refractivity contribution in [1.29, 1.82) is 0 Å². The van der Waals surface area contributed by atoms with Crippen molar-refractivity contribution in [3.8, 4) is 0 Å². The van der Waals surface area contributed by atoms with Crippen molar-refractivity contribution < 1.29 is 14.6 Å². The Kier molecular flexibility index (Phi) is 6.43. The summed E-state index contributed by atoms with van der Waals surface area (Å²) in [5.74, 6) is 0.898. The molecule has 1 aliphatic heterocycles. The zero-order valence-electron chi connectivity index (χ0n) is 17.1. The first-order valence-corrected chi connectivity index (χ1v) is 11.0. The van der Waals surface area contributed by atoms with Crippen molar-refractivity contribution in [3.63, 3.8) is 0 Å². The Balaban J connectivity index is 1.60. The molecule has 4 rings (SSSR count). The number of nitrogens with zero attached hydrogens (tertiary/aromatic N) is 2. The van der Waals surface area contributed by atoms with Gasteiger partial charge in [-0.1, -0.05) is 55.1 Å². The summed E-state index contributed by atoms with van der Waals surface area (Å²) in [6, 6.07) is 15.6. The largest absolute Gasteiger partial charge is 0.399 e. The fraction of sp³-hybridized carbons (Fsp3) is 0.348. The molecule has 1 aliphatic rings. The van der Waals surface area contributed by atoms with Crippen LogP contribution in [0.25, 0.3) is 0 Å². The summed E-state index contributed by atoms with van der Waals surface area (Å²) in [6.07, 6.45) is 3.08. The number of ether oxygens (including phenoxy) is 2. The smallest absolute Gasteiger partial charge is 0.185 e. The molecule has 0 spiro atoms. The number of aliphatic hydroxyl groups excluding tert-OH is 1. The fourth-order valence-corrected chi connectivity index (χ4v) is 4.76. The van der Waals surface area contributed by atoms with Crippen LogP contribution in [0.5, 0.6) is 0 Å². The molecular weight excluding hydrogens is 398 g/mol. The lowest BCUT2D eigenvalue weighted by Crippen LogP contribution is -2.38. The molecule has 2 heterocycles. The van der Waals surface area contributed by atoms with E-state index in [0.717, 1.165) is 27.6 Å². The minimum absolute atomic E-state index is 0.0271. The number of aliphatic hydroxyl groups is 1. The maximum atomic E-state index is 9.36. The van der Waals surface area contributed by atoms with Gasteiger partial charge in [0.2, 0.25) is 0 Å². The molecule has 0 amide bonds. The number of aromatic nitrogens is 2. The van der Waals surface area contributed by atoms with Crippen molar-refractivity contribution in [2.24, 2.45) is 13.0 Å². The first kappa shape index (κ1) is 20.9. The maximum absolute atomic E-state index is 9.36. The van der Waals surface area contributed by atoms with E-state index in [-0.39, 0.29) is 24.7 Å². The van der Waals surface area contributed by atoms with Crippen LogP contribution >= 0.6 is 11.8 Å². The predicted molar refractivity (Wildman–Crippen MR) is 118 cm³/mol. The van der Waals surface area contributed by atoms with E-state index in [2.05, 4.69) is 11.9 Å². The molecule has 0 bridgehead atoms. The van der Waals surface area contributed by atoms with Crippen molar-refractivity contribution >= 4 is 17.4 Å². The highest BCUT2D eigenvalue weighted by atomic mass is 32.2. The Morgan fingerprint density at radius 2 is 1.93 bits per heavy atom. The summed E-state index contributed by atoms with van der Waals surface area (Å²) in [5.41, 5.74) is 9.54. The fourth-order valence-electron chi connectivity index (χ4n) is 3.66. The lowest BCUT2D eigenvalue weighted by Gasteiger charge is -2.41. The minimum atomic E-state index is -0.501. The topological polar surface area (TPSA) is 82.5 Å². The number of nitrogens with two attached hydrogens (primary N) is 1.